The molecule has 2 aliphatic carbocycles. The summed E-state index contributed by atoms with van der Waals surface area (Å²) in [6, 6.07) is 0. The Morgan fingerprint density at radius 1 is 1.00 bits per heavy atom. The van der Waals surface area contributed by atoms with Gasteiger partial charge >= 0.3 is 5.97 Å². The fourth-order valence-corrected chi connectivity index (χ4v) is 4.87. The molecule has 3 rings (SSSR count). The molecule has 126 valence electrons. The van der Waals surface area contributed by atoms with Gasteiger partial charge in [-0.25, -0.2) is 0 Å². The van der Waals surface area contributed by atoms with E-state index in [9.17, 15) is 9.90 Å². The number of rotatable bonds is 4. The summed E-state index contributed by atoms with van der Waals surface area (Å²) in [5.74, 6) is 0.139. The van der Waals surface area contributed by atoms with E-state index >= 15 is 0 Å². The molecular formula is C18H31NO3. The first-order valence-electron chi connectivity index (χ1n) is 9.24. The Morgan fingerprint density at radius 3 is 2.14 bits per heavy atom. The van der Waals surface area contributed by atoms with Crippen LogP contribution in [-0.4, -0.2) is 46.3 Å². The fourth-order valence-electron chi connectivity index (χ4n) is 4.87. The van der Waals surface area contributed by atoms with Crippen molar-refractivity contribution >= 4 is 5.97 Å². The number of piperidine rings is 1. The highest BCUT2D eigenvalue weighted by Gasteiger charge is 2.51. The monoisotopic (exact) mass is 309 g/mol. The third-order valence-electron chi connectivity index (χ3n) is 6.39. The van der Waals surface area contributed by atoms with Crippen molar-refractivity contribution in [1.82, 2.24) is 4.90 Å². The predicted molar refractivity (Wildman–Crippen MR) is 85.7 cm³/mol. The van der Waals surface area contributed by atoms with Crippen LogP contribution >= 0.6 is 0 Å². The number of carboxylic acids is 1. The molecule has 4 heteroatoms. The minimum absolute atomic E-state index is 0.311. The summed E-state index contributed by atoms with van der Waals surface area (Å²) in [6.45, 7) is 3.41. The summed E-state index contributed by atoms with van der Waals surface area (Å²) < 4.78 is 0. The summed E-state index contributed by atoms with van der Waals surface area (Å²) >= 11 is 0. The standard InChI is InChI=1S/C18H31NO3/c20-17(21)15-11-18(22,12-15)16-7-9-19(10-8-16)13-14-5-3-1-2-4-6-14/h14-16,22H,1-13H2,(H,20,21). The molecule has 0 atom stereocenters. The lowest BCUT2D eigenvalue weighted by Gasteiger charge is -2.49. The maximum Gasteiger partial charge on any atom is 0.306 e. The van der Waals surface area contributed by atoms with Crippen molar-refractivity contribution in [2.45, 2.75) is 69.8 Å². The second-order valence-corrected chi connectivity index (χ2v) is 7.98. The average Bonchev–Trinajstić information content (AvgIpc) is 2.73. The highest BCUT2D eigenvalue weighted by Crippen LogP contribution is 2.46. The van der Waals surface area contributed by atoms with Crippen molar-refractivity contribution in [2.75, 3.05) is 19.6 Å². The summed E-state index contributed by atoms with van der Waals surface area (Å²) in [5, 5.41) is 19.6. The maximum atomic E-state index is 10.9. The van der Waals surface area contributed by atoms with Gasteiger partial charge in [0, 0.05) is 6.54 Å². The van der Waals surface area contributed by atoms with Gasteiger partial charge in [-0.3, -0.25) is 4.79 Å². The zero-order valence-electron chi connectivity index (χ0n) is 13.7. The highest BCUT2D eigenvalue weighted by molar-refractivity contribution is 5.71. The second kappa shape index (κ2) is 6.88. The number of aliphatic carboxylic acids is 1. The number of hydrogen-bond acceptors (Lipinski definition) is 3. The number of carbonyl (C=O) groups is 1. The zero-order valence-corrected chi connectivity index (χ0v) is 13.7. The Balaban J connectivity index is 1.42. The van der Waals surface area contributed by atoms with Gasteiger partial charge in [-0.2, -0.15) is 0 Å². The van der Waals surface area contributed by atoms with E-state index < -0.39 is 11.6 Å². The van der Waals surface area contributed by atoms with Crippen LogP contribution < -0.4 is 0 Å². The average molecular weight is 309 g/mol. The molecule has 0 aromatic carbocycles. The van der Waals surface area contributed by atoms with Crippen molar-refractivity contribution in [3.63, 3.8) is 0 Å². The molecule has 0 radical (unpaired) electrons. The molecule has 4 nitrogen and oxygen atoms in total. The number of aliphatic hydroxyl groups is 1. The van der Waals surface area contributed by atoms with Crippen molar-refractivity contribution in [2.24, 2.45) is 17.8 Å². The van der Waals surface area contributed by atoms with E-state index in [1.807, 2.05) is 0 Å². The molecule has 2 saturated carbocycles. The van der Waals surface area contributed by atoms with Crippen LogP contribution in [0.4, 0.5) is 0 Å². The molecule has 0 spiro atoms. The molecule has 0 aromatic rings. The first kappa shape index (κ1) is 16.3. The van der Waals surface area contributed by atoms with E-state index in [0.29, 0.717) is 18.8 Å². The molecule has 1 saturated heterocycles. The van der Waals surface area contributed by atoms with Crippen molar-refractivity contribution in [1.29, 1.82) is 0 Å². The van der Waals surface area contributed by atoms with Crippen molar-refractivity contribution in [3.05, 3.63) is 0 Å². The van der Waals surface area contributed by atoms with Crippen molar-refractivity contribution in [3.8, 4) is 0 Å². The van der Waals surface area contributed by atoms with Gasteiger partial charge in [0.1, 0.15) is 0 Å². The Hall–Kier alpha value is -0.610. The van der Waals surface area contributed by atoms with Gasteiger partial charge in [-0.1, -0.05) is 25.7 Å². The van der Waals surface area contributed by atoms with E-state index in [1.54, 1.807) is 0 Å². The molecule has 0 amide bonds. The number of nitrogens with zero attached hydrogens (tertiary/aromatic N) is 1. The topological polar surface area (TPSA) is 60.8 Å². The lowest BCUT2D eigenvalue weighted by atomic mass is 9.62. The minimum atomic E-state index is -0.740. The number of hydrogen-bond donors (Lipinski definition) is 2. The third-order valence-corrected chi connectivity index (χ3v) is 6.39. The maximum absolute atomic E-state index is 10.9. The molecule has 3 fully saturated rings. The molecule has 0 bridgehead atoms. The summed E-state index contributed by atoms with van der Waals surface area (Å²) in [6.07, 6.45) is 11.4. The smallest absolute Gasteiger partial charge is 0.306 e. The molecule has 2 N–H and O–H groups in total. The highest BCUT2D eigenvalue weighted by atomic mass is 16.4. The first-order chi connectivity index (χ1) is 10.6. The van der Waals surface area contributed by atoms with Gasteiger partial charge in [0.25, 0.3) is 0 Å². The molecule has 1 heterocycles. The van der Waals surface area contributed by atoms with Crippen LogP contribution in [0.3, 0.4) is 0 Å². The quantitative estimate of drug-likeness (QED) is 0.784. The summed E-state index contributed by atoms with van der Waals surface area (Å²) in [5.41, 5.74) is -0.683. The van der Waals surface area contributed by atoms with E-state index in [-0.39, 0.29) is 5.92 Å². The molecule has 0 aromatic heterocycles. The Kier molecular flexibility index (Phi) is 5.08. The van der Waals surface area contributed by atoms with Gasteiger partial charge in [-0.15, -0.1) is 0 Å². The zero-order chi connectivity index (χ0) is 15.6. The largest absolute Gasteiger partial charge is 0.481 e. The lowest BCUT2D eigenvalue weighted by molar-refractivity contribution is -0.170. The molecule has 3 aliphatic rings. The summed E-state index contributed by atoms with van der Waals surface area (Å²) in [4.78, 5) is 13.5. The first-order valence-corrected chi connectivity index (χ1v) is 9.24. The SMILES string of the molecule is O=C(O)C1CC(O)(C2CCN(CC3CCCCCC3)CC2)C1. The molecule has 0 unspecified atom stereocenters. The van der Waals surface area contributed by atoms with Crippen LogP contribution in [0.2, 0.25) is 0 Å². The van der Waals surface area contributed by atoms with Crippen LogP contribution in [0.5, 0.6) is 0 Å². The lowest BCUT2D eigenvalue weighted by Crippen LogP contribution is -2.55. The Morgan fingerprint density at radius 2 is 1.59 bits per heavy atom. The molecular weight excluding hydrogens is 278 g/mol. The van der Waals surface area contributed by atoms with Gasteiger partial charge in [-0.05, 0) is 63.5 Å². The second-order valence-electron chi connectivity index (χ2n) is 7.98. The number of likely N-dealkylation sites (tertiary alicyclic amines) is 1. The minimum Gasteiger partial charge on any atom is -0.481 e. The van der Waals surface area contributed by atoms with Gasteiger partial charge in [0.2, 0.25) is 0 Å². The van der Waals surface area contributed by atoms with Crippen LogP contribution in [0.1, 0.15) is 64.2 Å². The van der Waals surface area contributed by atoms with Gasteiger partial charge < -0.3 is 15.1 Å². The predicted octanol–water partition coefficient (Wildman–Crippen LogP) is 2.89. The fraction of sp³-hybridized carbons (Fsp3) is 0.944. The third kappa shape index (κ3) is 3.65. The van der Waals surface area contributed by atoms with Crippen LogP contribution in [0.15, 0.2) is 0 Å². The van der Waals surface area contributed by atoms with Crippen molar-refractivity contribution < 1.29 is 15.0 Å². The van der Waals surface area contributed by atoms with Crippen LogP contribution in [0.25, 0.3) is 0 Å². The normalized spacial score (nSPS) is 35.8. The molecule has 1 aliphatic heterocycles. The number of carboxylic acid groups (broad SMARTS) is 1. The van der Waals surface area contributed by atoms with E-state index in [1.165, 1.54) is 45.1 Å². The van der Waals surface area contributed by atoms with Crippen LogP contribution in [0, 0.1) is 17.8 Å². The van der Waals surface area contributed by atoms with E-state index in [4.69, 9.17) is 5.11 Å². The Bertz CT molecular complexity index is 376. The summed E-state index contributed by atoms with van der Waals surface area (Å²) in [7, 11) is 0. The van der Waals surface area contributed by atoms with E-state index in [0.717, 1.165) is 31.8 Å². The van der Waals surface area contributed by atoms with Crippen LogP contribution in [-0.2, 0) is 4.79 Å². The van der Waals surface area contributed by atoms with Gasteiger partial charge in [0.05, 0.1) is 11.5 Å². The van der Waals surface area contributed by atoms with E-state index in [2.05, 4.69) is 4.90 Å². The molecule has 22 heavy (non-hydrogen) atoms. The Labute approximate surface area is 133 Å². The van der Waals surface area contributed by atoms with Gasteiger partial charge in [0.15, 0.2) is 0 Å².